The molecule has 0 spiro atoms. The van der Waals surface area contributed by atoms with Gasteiger partial charge >= 0.3 is 0 Å². The summed E-state index contributed by atoms with van der Waals surface area (Å²) in [6, 6.07) is 11.6. The third-order valence-corrected chi connectivity index (χ3v) is 5.47. The summed E-state index contributed by atoms with van der Waals surface area (Å²) in [5.41, 5.74) is 1.92. The lowest BCUT2D eigenvalue weighted by atomic mass is 10.2. The smallest absolute Gasteiger partial charge is 0.289 e. The van der Waals surface area contributed by atoms with Crippen molar-refractivity contribution in [3.05, 3.63) is 52.5 Å². The van der Waals surface area contributed by atoms with Gasteiger partial charge in [0.25, 0.3) is 5.91 Å². The number of carbonyl (C=O) groups excluding carboxylic acids is 1. The molecule has 3 aromatic rings. The Bertz CT molecular complexity index is 924. The monoisotopic (exact) mass is 383 g/mol. The Morgan fingerprint density at radius 1 is 1.11 bits per heavy atom. The number of hydrogen-bond donors (Lipinski definition) is 0. The van der Waals surface area contributed by atoms with Gasteiger partial charge in [0.15, 0.2) is 11.5 Å². The molecule has 1 aliphatic rings. The van der Waals surface area contributed by atoms with E-state index in [4.69, 9.17) is 9.15 Å². The second-order valence-corrected chi connectivity index (χ2v) is 7.46. The van der Waals surface area contributed by atoms with Crippen LogP contribution in [-0.4, -0.2) is 49.1 Å². The molecule has 27 heavy (non-hydrogen) atoms. The van der Waals surface area contributed by atoms with Crippen molar-refractivity contribution in [3.63, 3.8) is 0 Å². The number of piperazine rings is 1. The highest BCUT2D eigenvalue weighted by Crippen LogP contribution is 2.25. The number of furan rings is 1. The number of hydrogen-bond acceptors (Lipinski definition) is 6. The number of aromatic nitrogens is 1. The molecule has 1 aliphatic heterocycles. The second-order valence-electron chi connectivity index (χ2n) is 6.39. The molecule has 6 nitrogen and oxygen atoms in total. The predicted molar refractivity (Wildman–Crippen MR) is 106 cm³/mol. The predicted octanol–water partition coefficient (Wildman–Crippen LogP) is 3.68. The van der Waals surface area contributed by atoms with Gasteiger partial charge < -0.3 is 19.0 Å². The molecular formula is C20H21N3O3S. The molecule has 1 saturated heterocycles. The SMILES string of the molecule is COc1ccc(N2CCN(C(=O)c3ccc(-c4csc(C)n4)o3)CC2)cc1. The van der Waals surface area contributed by atoms with Crippen LogP contribution in [0.15, 0.2) is 46.2 Å². The van der Waals surface area contributed by atoms with E-state index in [1.54, 1.807) is 24.5 Å². The molecule has 0 aliphatic carbocycles. The molecule has 0 atom stereocenters. The van der Waals surface area contributed by atoms with Gasteiger partial charge in [0.05, 0.1) is 12.1 Å². The largest absolute Gasteiger partial charge is 0.497 e. The zero-order valence-corrected chi connectivity index (χ0v) is 16.2. The second kappa shape index (κ2) is 7.44. The number of ether oxygens (including phenoxy) is 1. The van der Waals surface area contributed by atoms with Gasteiger partial charge in [0.2, 0.25) is 0 Å². The van der Waals surface area contributed by atoms with Crippen LogP contribution < -0.4 is 9.64 Å². The van der Waals surface area contributed by atoms with E-state index in [0.29, 0.717) is 24.6 Å². The summed E-state index contributed by atoms with van der Waals surface area (Å²) in [6.45, 7) is 4.85. The third-order valence-electron chi connectivity index (χ3n) is 4.69. The molecule has 0 unspecified atom stereocenters. The van der Waals surface area contributed by atoms with E-state index in [-0.39, 0.29) is 5.91 Å². The minimum absolute atomic E-state index is 0.0671. The van der Waals surface area contributed by atoms with Crippen molar-refractivity contribution in [2.24, 2.45) is 0 Å². The lowest BCUT2D eigenvalue weighted by Crippen LogP contribution is -2.48. The third kappa shape index (κ3) is 3.68. The van der Waals surface area contributed by atoms with Crippen LogP contribution in [0.3, 0.4) is 0 Å². The van der Waals surface area contributed by atoms with Gasteiger partial charge in [-0.3, -0.25) is 4.79 Å². The van der Waals surface area contributed by atoms with Gasteiger partial charge in [0, 0.05) is 37.2 Å². The highest BCUT2D eigenvalue weighted by atomic mass is 32.1. The summed E-state index contributed by atoms with van der Waals surface area (Å²) in [5.74, 6) is 1.78. The minimum atomic E-state index is -0.0671. The van der Waals surface area contributed by atoms with E-state index >= 15 is 0 Å². The fraction of sp³-hybridized carbons (Fsp3) is 0.300. The molecule has 0 radical (unpaired) electrons. The van der Waals surface area contributed by atoms with Crippen LogP contribution >= 0.6 is 11.3 Å². The fourth-order valence-electron chi connectivity index (χ4n) is 3.18. The molecule has 140 valence electrons. The lowest BCUT2D eigenvalue weighted by molar-refractivity contribution is 0.0715. The summed E-state index contributed by atoms with van der Waals surface area (Å²) in [4.78, 5) is 21.3. The molecule has 4 rings (SSSR count). The van der Waals surface area contributed by atoms with E-state index in [0.717, 1.165) is 35.2 Å². The van der Waals surface area contributed by atoms with Gasteiger partial charge in [-0.15, -0.1) is 11.3 Å². The van der Waals surface area contributed by atoms with Crippen molar-refractivity contribution in [1.82, 2.24) is 9.88 Å². The molecule has 1 fully saturated rings. The number of methoxy groups -OCH3 is 1. The number of carbonyl (C=O) groups is 1. The van der Waals surface area contributed by atoms with Crippen molar-refractivity contribution < 1.29 is 13.9 Å². The van der Waals surface area contributed by atoms with Crippen LogP contribution in [-0.2, 0) is 0 Å². The number of thiazole rings is 1. The average Bonchev–Trinajstić information content (AvgIpc) is 3.37. The minimum Gasteiger partial charge on any atom is -0.497 e. The first-order chi connectivity index (χ1) is 13.1. The van der Waals surface area contributed by atoms with Gasteiger partial charge in [-0.1, -0.05) is 0 Å². The number of aryl methyl sites for hydroxylation is 1. The molecular weight excluding hydrogens is 362 g/mol. The van der Waals surface area contributed by atoms with Crippen LogP contribution in [0, 0.1) is 6.92 Å². The van der Waals surface area contributed by atoms with Gasteiger partial charge in [0.1, 0.15) is 11.4 Å². The van der Waals surface area contributed by atoms with Crippen molar-refractivity contribution in [3.8, 4) is 17.2 Å². The zero-order valence-electron chi connectivity index (χ0n) is 15.3. The molecule has 2 aromatic heterocycles. The summed E-state index contributed by atoms with van der Waals surface area (Å²) in [7, 11) is 1.66. The van der Waals surface area contributed by atoms with Crippen LogP contribution in [0.2, 0.25) is 0 Å². The van der Waals surface area contributed by atoms with Crippen LogP contribution in [0.1, 0.15) is 15.6 Å². The summed E-state index contributed by atoms with van der Waals surface area (Å²) >= 11 is 1.57. The Morgan fingerprint density at radius 3 is 2.48 bits per heavy atom. The summed E-state index contributed by atoms with van der Waals surface area (Å²) < 4.78 is 11.0. The number of nitrogens with zero attached hydrogens (tertiary/aromatic N) is 3. The van der Waals surface area contributed by atoms with E-state index in [1.807, 2.05) is 47.5 Å². The Kier molecular flexibility index (Phi) is 4.85. The molecule has 1 aromatic carbocycles. The maximum atomic E-state index is 12.8. The summed E-state index contributed by atoms with van der Waals surface area (Å²) in [6.07, 6.45) is 0. The van der Waals surface area contributed by atoms with E-state index in [2.05, 4.69) is 9.88 Å². The summed E-state index contributed by atoms with van der Waals surface area (Å²) in [5, 5.41) is 2.92. The van der Waals surface area contributed by atoms with Crippen LogP contribution in [0.5, 0.6) is 5.75 Å². The van der Waals surface area contributed by atoms with E-state index in [9.17, 15) is 4.79 Å². The van der Waals surface area contributed by atoms with E-state index in [1.165, 1.54) is 0 Å². The average molecular weight is 383 g/mol. The van der Waals surface area contributed by atoms with Gasteiger partial charge in [-0.2, -0.15) is 0 Å². The Hall–Kier alpha value is -2.80. The molecule has 0 N–H and O–H groups in total. The highest BCUT2D eigenvalue weighted by Gasteiger charge is 2.25. The normalized spacial score (nSPS) is 14.4. The fourth-order valence-corrected chi connectivity index (χ4v) is 3.79. The first kappa shape index (κ1) is 17.6. The standard InChI is InChI=1S/C20H21N3O3S/c1-14-21-17(13-27-14)18-7-8-19(26-18)20(24)23-11-9-22(10-12-23)15-3-5-16(25-2)6-4-15/h3-8,13H,9-12H2,1-2H3. The number of amides is 1. The number of anilines is 1. The highest BCUT2D eigenvalue weighted by molar-refractivity contribution is 7.09. The van der Waals surface area contributed by atoms with Crippen molar-refractivity contribution in [1.29, 1.82) is 0 Å². The number of benzene rings is 1. The van der Waals surface area contributed by atoms with Crippen molar-refractivity contribution in [2.75, 3.05) is 38.2 Å². The lowest BCUT2D eigenvalue weighted by Gasteiger charge is -2.35. The topological polar surface area (TPSA) is 58.8 Å². The van der Waals surface area contributed by atoms with Crippen LogP contribution in [0.25, 0.3) is 11.5 Å². The molecule has 0 saturated carbocycles. The maximum Gasteiger partial charge on any atom is 0.289 e. The Morgan fingerprint density at radius 2 is 1.85 bits per heavy atom. The Labute approximate surface area is 162 Å². The van der Waals surface area contributed by atoms with Crippen LogP contribution in [0.4, 0.5) is 5.69 Å². The molecule has 0 bridgehead atoms. The molecule has 7 heteroatoms. The maximum absolute atomic E-state index is 12.8. The van der Waals surface area contributed by atoms with Crippen molar-refractivity contribution >= 4 is 22.9 Å². The van der Waals surface area contributed by atoms with E-state index < -0.39 is 0 Å². The zero-order chi connectivity index (χ0) is 18.8. The Balaban J connectivity index is 1.39. The van der Waals surface area contributed by atoms with Gasteiger partial charge in [-0.05, 0) is 43.3 Å². The van der Waals surface area contributed by atoms with Gasteiger partial charge in [-0.25, -0.2) is 4.98 Å². The number of rotatable bonds is 4. The first-order valence-corrected chi connectivity index (χ1v) is 9.72. The molecule has 3 heterocycles. The first-order valence-electron chi connectivity index (χ1n) is 8.84. The quantitative estimate of drug-likeness (QED) is 0.688. The van der Waals surface area contributed by atoms with Crippen molar-refractivity contribution in [2.45, 2.75) is 6.92 Å². The molecule has 1 amide bonds.